The van der Waals surface area contributed by atoms with E-state index in [-0.39, 0.29) is 5.84 Å². The van der Waals surface area contributed by atoms with Crippen LogP contribution in [0.4, 0.5) is 0 Å². The fourth-order valence-corrected chi connectivity index (χ4v) is 2.89. The van der Waals surface area contributed by atoms with Crippen LogP contribution in [-0.2, 0) is 10.2 Å². The molecule has 88 valence electrons. The lowest BCUT2D eigenvalue weighted by Crippen LogP contribution is -2.58. The molecule has 0 amide bonds. The average molecular weight is 234 g/mol. The summed E-state index contributed by atoms with van der Waals surface area (Å²) in [5.41, 5.74) is 4.53. The summed E-state index contributed by atoms with van der Waals surface area (Å²) < 4.78 is 24.4. The van der Waals surface area contributed by atoms with Crippen LogP contribution in [0.5, 0.6) is 0 Å². The van der Waals surface area contributed by atoms with Crippen molar-refractivity contribution >= 4 is 16.0 Å². The van der Waals surface area contributed by atoms with Gasteiger partial charge in [-0.1, -0.05) is 25.7 Å². The number of hydrogen-bond acceptors (Lipinski definition) is 3. The Bertz CT molecular complexity index is 331. The molecule has 0 saturated heterocycles. The monoisotopic (exact) mass is 234 g/mol. The van der Waals surface area contributed by atoms with Crippen molar-refractivity contribution in [2.45, 2.75) is 44.1 Å². The molecule has 1 aliphatic carbocycles. The summed E-state index contributed by atoms with van der Waals surface area (Å²) in [7, 11) is -3.81. The lowest BCUT2D eigenvalue weighted by Gasteiger charge is -2.31. The smallest absolute Gasteiger partial charge is 0.275 e. The van der Waals surface area contributed by atoms with Gasteiger partial charge in [-0.2, -0.15) is 13.1 Å². The van der Waals surface area contributed by atoms with E-state index in [2.05, 4.69) is 4.72 Å². The minimum absolute atomic E-state index is 0.140. The van der Waals surface area contributed by atoms with Crippen LogP contribution in [0, 0.1) is 5.41 Å². The third kappa shape index (κ3) is 3.44. The molecule has 1 aliphatic rings. The average Bonchev–Trinajstić information content (AvgIpc) is 2.28. The second-order valence-electron chi connectivity index (χ2n) is 4.06. The van der Waals surface area contributed by atoms with Gasteiger partial charge in [0.2, 0.25) is 0 Å². The Morgan fingerprint density at radius 2 is 1.67 bits per heavy atom. The molecule has 1 saturated carbocycles. The SMILES string of the molecule is N=C(N)C1(NS(N)(=O)=O)CCCCCC1. The Balaban J connectivity index is 2.90. The third-order valence-corrected chi connectivity index (χ3v) is 3.49. The van der Waals surface area contributed by atoms with Crippen molar-refractivity contribution in [3.63, 3.8) is 0 Å². The van der Waals surface area contributed by atoms with Gasteiger partial charge in [0, 0.05) is 0 Å². The van der Waals surface area contributed by atoms with E-state index in [4.69, 9.17) is 16.3 Å². The van der Waals surface area contributed by atoms with E-state index in [0.717, 1.165) is 25.7 Å². The molecule has 0 aliphatic heterocycles. The summed E-state index contributed by atoms with van der Waals surface area (Å²) in [6.45, 7) is 0. The molecule has 0 aromatic rings. The van der Waals surface area contributed by atoms with Crippen molar-refractivity contribution < 1.29 is 8.42 Å². The summed E-state index contributed by atoms with van der Waals surface area (Å²) >= 11 is 0. The maximum absolute atomic E-state index is 11.0. The Morgan fingerprint density at radius 3 is 2.00 bits per heavy atom. The van der Waals surface area contributed by atoms with Crippen molar-refractivity contribution in [2.24, 2.45) is 10.9 Å². The number of nitrogens with two attached hydrogens (primary N) is 2. The second kappa shape index (κ2) is 4.46. The molecule has 15 heavy (non-hydrogen) atoms. The first-order valence-electron chi connectivity index (χ1n) is 5.02. The van der Waals surface area contributed by atoms with Crippen molar-refractivity contribution in [1.29, 1.82) is 5.41 Å². The highest BCUT2D eigenvalue weighted by molar-refractivity contribution is 7.87. The lowest BCUT2D eigenvalue weighted by atomic mass is 9.90. The van der Waals surface area contributed by atoms with Gasteiger partial charge in [0.1, 0.15) is 5.84 Å². The Kier molecular flexibility index (Phi) is 3.69. The molecular weight excluding hydrogens is 216 g/mol. The van der Waals surface area contributed by atoms with Crippen LogP contribution in [0.15, 0.2) is 0 Å². The minimum atomic E-state index is -3.81. The van der Waals surface area contributed by atoms with Crippen LogP contribution in [0.2, 0.25) is 0 Å². The van der Waals surface area contributed by atoms with E-state index in [1.165, 1.54) is 0 Å². The largest absolute Gasteiger partial charge is 0.386 e. The predicted molar refractivity (Wildman–Crippen MR) is 58.6 cm³/mol. The molecular formula is C8H18N4O2S. The summed E-state index contributed by atoms with van der Waals surface area (Å²) in [5, 5.41) is 12.5. The fraction of sp³-hybridized carbons (Fsp3) is 0.875. The first-order valence-corrected chi connectivity index (χ1v) is 6.57. The maximum atomic E-state index is 11.0. The summed E-state index contributed by atoms with van der Waals surface area (Å²) in [4.78, 5) is 0. The highest BCUT2D eigenvalue weighted by Gasteiger charge is 2.36. The van der Waals surface area contributed by atoms with E-state index in [9.17, 15) is 8.42 Å². The van der Waals surface area contributed by atoms with Gasteiger partial charge in [0.05, 0.1) is 5.54 Å². The van der Waals surface area contributed by atoms with E-state index in [0.29, 0.717) is 12.8 Å². The van der Waals surface area contributed by atoms with Gasteiger partial charge in [-0.3, -0.25) is 5.41 Å². The Morgan fingerprint density at radius 1 is 1.20 bits per heavy atom. The molecule has 0 unspecified atom stereocenters. The minimum Gasteiger partial charge on any atom is -0.386 e. The van der Waals surface area contributed by atoms with Crippen LogP contribution in [-0.4, -0.2) is 19.8 Å². The molecule has 1 rings (SSSR count). The number of rotatable bonds is 3. The van der Waals surface area contributed by atoms with Crippen molar-refractivity contribution in [2.75, 3.05) is 0 Å². The molecule has 0 atom stereocenters. The quantitative estimate of drug-likeness (QED) is 0.307. The normalized spacial score (nSPS) is 21.9. The molecule has 0 aromatic heterocycles. The van der Waals surface area contributed by atoms with Crippen LogP contribution >= 0.6 is 0 Å². The lowest BCUT2D eigenvalue weighted by molar-refractivity contribution is 0.434. The number of amidine groups is 1. The molecule has 0 spiro atoms. The molecule has 0 heterocycles. The van der Waals surface area contributed by atoms with Crippen molar-refractivity contribution in [3.8, 4) is 0 Å². The van der Waals surface area contributed by atoms with E-state index in [1.807, 2.05) is 0 Å². The molecule has 7 heteroatoms. The first kappa shape index (κ1) is 12.4. The van der Waals surface area contributed by atoms with Gasteiger partial charge in [0.15, 0.2) is 0 Å². The zero-order valence-electron chi connectivity index (χ0n) is 8.62. The van der Waals surface area contributed by atoms with Crippen molar-refractivity contribution in [1.82, 2.24) is 4.72 Å². The third-order valence-electron chi connectivity index (χ3n) is 2.81. The second-order valence-corrected chi connectivity index (χ2v) is 5.35. The van der Waals surface area contributed by atoms with Gasteiger partial charge in [0.25, 0.3) is 10.2 Å². The molecule has 0 aromatic carbocycles. The fourth-order valence-electron chi connectivity index (χ4n) is 2.03. The number of nitrogens with one attached hydrogen (secondary N) is 2. The number of hydrogen-bond donors (Lipinski definition) is 4. The zero-order chi connectivity index (χ0) is 11.5. The van der Waals surface area contributed by atoms with Crippen molar-refractivity contribution in [3.05, 3.63) is 0 Å². The molecule has 6 N–H and O–H groups in total. The maximum Gasteiger partial charge on any atom is 0.275 e. The van der Waals surface area contributed by atoms with Crippen LogP contribution in [0.25, 0.3) is 0 Å². The molecule has 6 nitrogen and oxygen atoms in total. The van der Waals surface area contributed by atoms with E-state index < -0.39 is 15.7 Å². The van der Waals surface area contributed by atoms with Crippen LogP contribution in [0.3, 0.4) is 0 Å². The molecule has 0 radical (unpaired) electrons. The van der Waals surface area contributed by atoms with E-state index in [1.54, 1.807) is 0 Å². The van der Waals surface area contributed by atoms with Gasteiger partial charge in [-0.15, -0.1) is 0 Å². The summed E-state index contributed by atoms with van der Waals surface area (Å²) in [6.07, 6.45) is 4.92. The van der Waals surface area contributed by atoms with Gasteiger partial charge in [-0.05, 0) is 12.8 Å². The van der Waals surface area contributed by atoms with Gasteiger partial charge < -0.3 is 5.73 Å². The topological polar surface area (TPSA) is 122 Å². The van der Waals surface area contributed by atoms with Crippen LogP contribution in [0.1, 0.15) is 38.5 Å². The van der Waals surface area contributed by atoms with Gasteiger partial charge in [-0.25, -0.2) is 5.14 Å². The summed E-state index contributed by atoms with van der Waals surface area (Å²) in [5.74, 6) is -0.140. The standard InChI is InChI=1S/C8H18N4O2S/c9-7(10)8(12-15(11,13)14)5-3-1-2-4-6-8/h12H,1-6H2,(H3,9,10)(H2,11,13,14). The Labute approximate surface area is 90.1 Å². The Hall–Kier alpha value is -0.660. The summed E-state index contributed by atoms with van der Waals surface area (Å²) in [6, 6.07) is 0. The highest BCUT2D eigenvalue weighted by atomic mass is 32.2. The highest BCUT2D eigenvalue weighted by Crippen LogP contribution is 2.27. The molecule has 0 bridgehead atoms. The van der Waals surface area contributed by atoms with Crippen LogP contribution < -0.4 is 15.6 Å². The first-order chi connectivity index (χ1) is 6.86. The van der Waals surface area contributed by atoms with E-state index >= 15 is 0 Å². The molecule has 1 fully saturated rings. The van der Waals surface area contributed by atoms with Gasteiger partial charge >= 0.3 is 0 Å². The predicted octanol–water partition coefficient (Wildman–Crippen LogP) is -0.192. The zero-order valence-corrected chi connectivity index (χ0v) is 9.44.